The molecule has 1 atom stereocenters. The summed E-state index contributed by atoms with van der Waals surface area (Å²) >= 11 is 0. The first-order valence-corrected chi connectivity index (χ1v) is 6.66. The van der Waals surface area contributed by atoms with Crippen LogP contribution < -0.4 is 0 Å². The molecule has 0 fully saturated rings. The molecule has 14 heavy (non-hydrogen) atoms. The van der Waals surface area contributed by atoms with Crippen LogP contribution in [-0.2, 0) is 14.3 Å². The number of esters is 1. The van der Waals surface area contributed by atoms with E-state index in [0.717, 1.165) is 32.0 Å². The molecule has 0 bridgehead atoms. The van der Waals surface area contributed by atoms with Gasteiger partial charge in [-0.2, -0.15) is 0 Å². The lowest BCUT2D eigenvalue weighted by atomic mass is 10.5. The highest BCUT2D eigenvalue weighted by Gasteiger charge is 2.00. The van der Waals surface area contributed by atoms with Gasteiger partial charge in [0.2, 0.25) is 0 Å². The maximum Gasteiger partial charge on any atom is 0.306 e. The average molecular weight is 220 g/mol. The first kappa shape index (κ1) is 13.9. The molecule has 0 N–H and O–H groups in total. The highest BCUT2D eigenvalue weighted by atomic mass is 31.1. The molecular weight excluding hydrogens is 199 g/mol. The van der Waals surface area contributed by atoms with Gasteiger partial charge in [-0.15, -0.1) is 0 Å². The highest BCUT2D eigenvalue weighted by Crippen LogP contribution is 2.11. The monoisotopic (exact) mass is 220 g/mol. The van der Waals surface area contributed by atoms with E-state index in [2.05, 4.69) is 6.92 Å². The van der Waals surface area contributed by atoms with Crippen molar-refractivity contribution in [3.63, 3.8) is 0 Å². The van der Waals surface area contributed by atoms with E-state index in [1.54, 1.807) is 0 Å². The Bertz CT molecular complexity index is 139. The Balaban J connectivity index is 3.07. The van der Waals surface area contributed by atoms with Gasteiger partial charge in [-0.05, 0) is 19.0 Å². The van der Waals surface area contributed by atoms with Crippen LogP contribution in [0.3, 0.4) is 0 Å². The maximum atomic E-state index is 11.0. The van der Waals surface area contributed by atoms with E-state index < -0.39 is 0 Å². The van der Waals surface area contributed by atoms with Crippen LogP contribution in [0.5, 0.6) is 0 Å². The Hall–Kier alpha value is -0.140. The fourth-order valence-electron chi connectivity index (χ4n) is 0.839. The smallest absolute Gasteiger partial charge is 0.306 e. The van der Waals surface area contributed by atoms with Gasteiger partial charge in [0.1, 0.15) is 0 Å². The van der Waals surface area contributed by atoms with Gasteiger partial charge in [0.15, 0.2) is 0 Å². The van der Waals surface area contributed by atoms with Crippen LogP contribution in [0.25, 0.3) is 0 Å². The number of carbonyl (C=O) groups excluding carboxylic acids is 1. The molecule has 0 heterocycles. The Kier molecular flexibility index (Phi) is 10.8. The first-order valence-electron chi connectivity index (χ1n) is 5.25. The number of hydrogen-bond donors (Lipinski definition) is 0. The van der Waals surface area contributed by atoms with Crippen LogP contribution >= 0.6 is 8.58 Å². The topological polar surface area (TPSA) is 35.5 Å². The molecule has 4 heteroatoms. The number of ether oxygens (including phenoxy) is 2. The van der Waals surface area contributed by atoms with E-state index in [9.17, 15) is 4.79 Å². The van der Waals surface area contributed by atoms with Gasteiger partial charge in [0, 0.05) is 13.0 Å². The molecule has 0 radical (unpaired) electrons. The van der Waals surface area contributed by atoms with Crippen molar-refractivity contribution in [3.8, 4) is 0 Å². The lowest BCUT2D eigenvalue weighted by molar-refractivity contribution is -0.143. The molecule has 0 aliphatic rings. The van der Waals surface area contributed by atoms with Crippen LogP contribution in [0, 0.1) is 0 Å². The lowest BCUT2D eigenvalue weighted by Crippen LogP contribution is -2.06. The second kappa shape index (κ2) is 10.9. The summed E-state index contributed by atoms with van der Waals surface area (Å²) in [6.45, 7) is 5.46. The quantitative estimate of drug-likeness (QED) is 0.340. The minimum atomic E-state index is -0.0742. The zero-order chi connectivity index (χ0) is 10.6. The van der Waals surface area contributed by atoms with Crippen molar-refractivity contribution in [2.75, 3.05) is 25.7 Å². The van der Waals surface area contributed by atoms with Gasteiger partial charge in [0.05, 0.1) is 13.0 Å². The molecule has 0 spiro atoms. The summed E-state index contributed by atoms with van der Waals surface area (Å²) in [4.78, 5) is 11.0. The zero-order valence-corrected chi connectivity index (χ0v) is 10.2. The summed E-state index contributed by atoms with van der Waals surface area (Å²) < 4.78 is 10.2. The molecule has 0 rings (SSSR count). The van der Waals surface area contributed by atoms with Gasteiger partial charge in [-0.3, -0.25) is 4.79 Å². The molecule has 3 nitrogen and oxygen atoms in total. The fourth-order valence-corrected chi connectivity index (χ4v) is 1.65. The van der Waals surface area contributed by atoms with E-state index in [4.69, 9.17) is 9.47 Å². The molecule has 0 amide bonds. The number of rotatable bonds is 9. The Morgan fingerprint density at radius 2 is 1.93 bits per heavy atom. The normalized spacial score (nSPS) is 11.0. The van der Waals surface area contributed by atoms with E-state index in [1.807, 2.05) is 6.92 Å². The predicted octanol–water partition coefficient (Wildman–Crippen LogP) is 2.39. The van der Waals surface area contributed by atoms with Crippen LogP contribution in [0.1, 0.15) is 33.1 Å². The van der Waals surface area contributed by atoms with Crippen LogP contribution in [0.4, 0.5) is 0 Å². The van der Waals surface area contributed by atoms with Crippen molar-refractivity contribution < 1.29 is 14.3 Å². The largest absolute Gasteiger partial charge is 0.466 e. The Morgan fingerprint density at radius 1 is 1.21 bits per heavy atom. The van der Waals surface area contributed by atoms with Gasteiger partial charge in [-0.25, -0.2) is 0 Å². The highest BCUT2D eigenvalue weighted by molar-refractivity contribution is 7.37. The molecule has 0 saturated carbocycles. The SMILES string of the molecule is CCCOCPCCC(=O)OCCC. The summed E-state index contributed by atoms with van der Waals surface area (Å²) in [7, 11) is 0.717. The number of hydrogen-bond acceptors (Lipinski definition) is 3. The van der Waals surface area contributed by atoms with Gasteiger partial charge < -0.3 is 9.47 Å². The zero-order valence-electron chi connectivity index (χ0n) is 9.17. The van der Waals surface area contributed by atoms with Crippen molar-refractivity contribution in [1.82, 2.24) is 0 Å². The van der Waals surface area contributed by atoms with Crippen molar-refractivity contribution in [2.45, 2.75) is 33.1 Å². The molecule has 0 aromatic carbocycles. The Morgan fingerprint density at radius 3 is 2.57 bits per heavy atom. The van der Waals surface area contributed by atoms with Crippen molar-refractivity contribution >= 4 is 14.6 Å². The molecular formula is C10H21O3P. The summed E-state index contributed by atoms with van der Waals surface area (Å²) in [6.07, 6.45) is 4.17. The molecule has 0 aliphatic carbocycles. The molecule has 0 saturated heterocycles. The van der Waals surface area contributed by atoms with Gasteiger partial charge in [0.25, 0.3) is 0 Å². The third kappa shape index (κ3) is 9.94. The van der Waals surface area contributed by atoms with Crippen molar-refractivity contribution in [1.29, 1.82) is 0 Å². The number of carbonyl (C=O) groups is 1. The Labute approximate surface area is 88.3 Å². The van der Waals surface area contributed by atoms with Crippen molar-refractivity contribution in [3.05, 3.63) is 0 Å². The van der Waals surface area contributed by atoms with E-state index in [-0.39, 0.29) is 5.97 Å². The second-order valence-corrected chi connectivity index (χ2v) is 4.31. The van der Waals surface area contributed by atoms with E-state index in [0.29, 0.717) is 21.6 Å². The van der Waals surface area contributed by atoms with E-state index >= 15 is 0 Å². The third-order valence-corrected chi connectivity index (χ3v) is 2.54. The summed E-state index contributed by atoms with van der Waals surface area (Å²) in [5.74, 6) is -0.0742. The average Bonchev–Trinajstić information content (AvgIpc) is 2.20. The van der Waals surface area contributed by atoms with Gasteiger partial charge >= 0.3 is 5.97 Å². The van der Waals surface area contributed by atoms with Crippen molar-refractivity contribution in [2.24, 2.45) is 0 Å². The summed E-state index contributed by atoms with van der Waals surface area (Å²) in [6, 6.07) is 0. The second-order valence-electron chi connectivity index (χ2n) is 3.02. The first-order chi connectivity index (χ1) is 6.81. The minimum absolute atomic E-state index is 0.0742. The summed E-state index contributed by atoms with van der Waals surface area (Å²) in [5.41, 5.74) is 0. The molecule has 84 valence electrons. The van der Waals surface area contributed by atoms with Crippen LogP contribution in [0.2, 0.25) is 0 Å². The third-order valence-electron chi connectivity index (χ3n) is 1.53. The predicted molar refractivity (Wildman–Crippen MR) is 60.2 cm³/mol. The molecule has 0 aliphatic heterocycles. The molecule has 0 aromatic rings. The standard InChI is InChI=1S/C10H21O3P/c1-3-6-12-9-14-8-5-10(11)13-7-4-2/h14H,3-9H2,1-2H3. The lowest BCUT2D eigenvalue weighted by Gasteiger charge is -2.03. The molecule has 0 aromatic heterocycles. The summed E-state index contributed by atoms with van der Waals surface area (Å²) in [5, 5.41) is 0. The van der Waals surface area contributed by atoms with Gasteiger partial charge in [-0.1, -0.05) is 22.4 Å². The van der Waals surface area contributed by atoms with Crippen LogP contribution in [0.15, 0.2) is 0 Å². The minimum Gasteiger partial charge on any atom is -0.466 e. The maximum absolute atomic E-state index is 11.0. The van der Waals surface area contributed by atoms with Crippen LogP contribution in [-0.4, -0.2) is 31.7 Å². The van der Waals surface area contributed by atoms with E-state index in [1.165, 1.54) is 0 Å². The molecule has 1 unspecified atom stereocenters. The fraction of sp³-hybridized carbons (Fsp3) is 0.900.